The number of carbonyl (C=O) groups excluding carboxylic acids is 2. The van der Waals surface area contributed by atoms with Crippen molar-refractivity contribution >= 4 is 17.3 Å². The topological polar surface area (TPSA) is 43.4 Å². The molecule has 1 fully saturated rings. The second-order valence-corrected chi connectivity index (χ2v) is 4.75. The number of ketones is 1. The van der Waals surface area contributed by atoms with Gasteiger partial charge in [0.2, 0.25) is 0 Å². The Bertz CT molecular complexity index is 504. The van der Waals surface area contributed by atoms with Gasteiger partial charge in [-0.2, -0.15) is 0 Å². The number of esters is 1. The summed E-state index contributed by atoms with van der Waals surface area (Å²) in [6.07, 6.45) is 1.63. The normalized spacial score (nSPS) is 22.3. The van der Waals surface area contributed by atoms with Gasteiger partial charge in [-0.25, -0.2) is 0 Å². The number of hydrogen-bond donors (Lipinski definition) is 0. The standard InChI is InChI=1S/C16H18O3/c1-3-19-15(18)16(11-7-10-14(16)17)12(2)13-8-5-4-6-9-13/h4-6,8-9H,2-3,7,10-11H2,1H3/t16-/m0/s1. The van der Waals surface area contributed by atoms with Crippen LogP contribution in [0.2, 0.25) is 0 Å². The smallest absolute Gasteiger partial charge is 0.324 e. The lowest BCUT2D eigenvalue weighted by Gasteiger charge is -2.27. The second-order valence-electron chi connectivity index (χ2n) is 4.75. The first-order chi connectivity index (χ1) is 9.13. The van der Waals surface area contributed by atoms with Crippen LogP contribution in [-0.4, -0.2) is 18.4 Å². The van der Waals surface area contributed by atoms with E-state index < -0.39 is 11.4 Å². The summed E-state index contributed by atoms with van der Waals surface area (Å²) in [6.45, 7) is 6.03. The molecule has 0 spiro atoms. The molecule has 0 aromatic heterocycles. The predicted molar refractivity (Wildman–Crippen MR) is 73.4 cm³/mol. The van der Waals surface area contributed by atoms with Crippen LogP contribution >= 0.6 is 0 Å². The summed E-state index contributed by atoms with van der Waals surface area (Å²) in [5.74, 6) is -0.522. The van der Waals surface area contributed by atoms with Gasteiger partial charge in [0.25, 0.3) is 0 Å². The molecule has 1 aromatic carbocycles. The fourth-order valence-electron chi connectivity index (χ4n) is 2.67. The Morgan fingerprint density at radius 2 is 2.05 bits per heavy atom. The zero-order valence-corrected chi connectivity index (χ0v) is 11.1. The third-order valence-electron chi connectivity index (χ3n) is 3.69. The van der Waals surface area contributed by atoms with Crippen molar-refractivity contribution in [2.24, 2.45) is 5.41 Å². The van der Waals surface area contributed by atoms with Crippen LogP contribution < -0.4 is 0 Å². The Hall–Kier alpha value is -1.90. The maximum atomic E-state index is 12.3. The van der Waals surface area contributed by atoms with Crippen molar-refractivity contribution in [2.45, 2.75) is 26.2 Å². The van der Waals surface area contributed by atoms with E-state index in [-0.39, 0.29) is 12.4 Å². The highest BCUT2D eigenvalue weighted by Crippen LogP contribution is 2.46. The highest BCUT2D eigenvalue weighted by molar-refractivity contribution is 6.15. The average Bonchev–Trinajstić information content (AvgIpc) is 2.82. The van der Waals surface area contributed by atoms with Gasteiger partial charge < -0.3 is 4.74 Å². The van der Waals surface area contributed by atoms with E-state index in [1.807, 2.05) is 30.3 Å². The van der Waals surface area contributed by atoms with Crippen LogP contribution in [0, 0.1) is 5.41 Å². The summed E-state index contributed by atoms with van der Waals surface area (Å²) in [6, 6.07) is 9.38. The molecule has 1 aliphatic carbocycles. The van der Waals surface area contributed by atoms with Gasteiger partial charge in [0.1, 0.15) is 0 Å². The SMILES string of the molecule is C=C(c1ccccc1)[C@@]1(C(=O)OCC)CCCC1=O. The summed E-state index contributed by atoms with van der Waals surface area (Å²) in [5, 5.41) is 0. The summed E-state index contributed by atoms with van der Waals surface area (Å²) in [7, 11) is 0. The highest BCUT2D eigenvalue weighted by atomic mass is 16.5. The molecule has 0 amide bonds. The predicted octanol–water partition coefficient (Wildman–Crippen LogP) is 3.00. The molecule has 3 nitrogen and oxygen atoms in total. The van der Waals surface area contributed by atoms with Crippen LogP contribution in [0.4, 0.5) is 0 Å². The molecule has 1 aliphatic rings. The molecule has 100 valence electrons. The fourth-order valence-corrected chi connectivity index (χ4v) is 2.67. The molecule has 0 radical (unpaired) electrons. The molecule has 2 rings (SSSR count). The lowest BCUT2D eigenvalue weighted by Crippen LogP contribution is -2.37. The maximum Gasteiger partial charge on any atom is 0.324 e. The van der Waals surface area contributed by atoms with Crippen LogP contribution in [-0.2, 0) is 14.3 Å². The van der Waals surface area contributed by atoms with Crippen molar-refractivity contribution in [3.05, 3.63) is 42.5 Å². The number of carbonyl (C=O) groups is 2. The average molecular weight is 258 g/mol. The van der Waals surface area contributed by atoms with Crippen molar-refractivity contribution in [2.75, 3.05) is 6.61 Å². The van der Waals surface area contributed by atoms with E-state index in [1.165, 1.54) is 0 Å². The zero-order chi connectivity index (χ0) is 13.9. The lowest BCUT2D eigenvalue weighted by atomic mass is 9.75. The first-order valence-electron chi connectivity index (χ1n) is 6.58. The molecule has 0 bridgehead atoms. The van der Waals surface area contributed by atoms with E-state index in [1.54, 1.807) is 6.92 Å². The molecule has 1 atom stereocenters. The molecule has 0 saturated heterocycles. The second kappa shape index (κ2) is 5.39. The van der Waals surface area contributed by atoms with Gasteiger partial charge in [-0.15, -0.1) is 0 Å². The van der Waals surface area contributed by atoms with Crippen LogP contribution in [0.5, 0.6) is 0 Å². The third-order valence-corrected chi connectivity index (χ3v) is 3.69. The molecule has 0 aliphatic heterocycles. The van der Waals surface area contributed by atoms with Crippen LogP contribution in [0.3, 0.4) is 0 Å². The monoisotopic (exact) mass is 258 g/mol. The quantitative estimate of drug-likeness (QED) is 0.616. The van der Waals surface area contributed by atoms with E-state index in [2.05, 4.69) is 6.58 Å². The van der Waals surface area contributed by atoms with Gasteiger partial charge >= 0.3 is 5.97 Å². The largest absolute Gasteiger partial charge is 0.465 e. The van der Waals surface area contributed by atoms with Gasteiger partial charge in [0.05, 0.1) is 6.61 Å². The number of Topliss-reactive ketones (excluding diaryl/α,β-unsaturated/α-hetero) is 1. The summed E-state index contributed by atoms with van der Waals surface area (Å²) in [4.78, 5) is 24.6. The zero-order valence-electron chi connectivity index (χ0n) is 11.1. The summed E-state index contributed by atoms with van der Waals surface area (Å²) < 4.78 is 5.12. The molecular formula is C16H18O3. The Morgan fingerprint density at radius 3 is 2.58 bits per heavy atom. The molecule has 0 heterocycles. The Balaban J connectivity index is 2.42. The fraction of sp³-hybridized carbons (Fsp3) is 0.375. The molecule has 0 N–H and O–H groups in total. The van der Waals surface area contributed by atoms with Gasteiger partial charge in [-0.3, -0.25) is 9.59 Å². The van der Waals surface area contributed by atoms with Gasteiger partial charge in [0.15, 0.2) is 11.2 Å². The number of ether oxygens (including phenoxy) is 1. The first-order valence-corrected chi connectivity index (χ1v) is 6.58. The van der Waals surface area contributed by atoms with Crippen LogP contribution in [0.15, 0.2) is 36.9 Å². The van der Waals surface area contributed by atoms with E-state index in [0.29, 0.717) is 24.8 Å². The summed E-state index contributed by atoms with van der Waals surface area (Å²) in [5.41, 5.74) is 0.219. The van der Waals surface area contributed by atoms with Crippen molar-refractivity contribution < 1.29 is 14.3 Å². The molecule has 3 heteroatoms. The number of benzene rings is 1. The molecule has 1 aromatic rings. The van der Waals surface area contributed by atoms with E-state index in [4.69, 9.17) is 4.74 Å². The van der Waals surface area contributed by atoms with E-state index in [9.17, 15) is 9.59 Å². The van der Waals surface area contributed by atoms with Gasteiger partial charge in [-0.1, -0.05) is 36.9 Å². The van der Waals surface area contributed by atoms with Crippen molar-refractivity contribution in [3.63, 3.8) is 0 Å². The van der Waals surface area contributed by atoms with Gasteiger partial charge in [0, 0.05) is 6.42 Å². The van der Waals surface area contributed by atoms with E-state index in [0.717, 1.165) is 5.56 Å². The molecule has 19 heavy (non-hydrogen) atoms. The van der Waals surface area contributed by atoms with Crippen LogP contribution in [0.25, 0.3) is 5.57 Å². The minimum Gasteiger partial charge on any atom is -0.465 e. The van der Waals surface area contributed by atoms with Crippen molar-refractivity contribution in [1.29, 1.82) is 0 Å². The molecular weight excluding hydrogens is 240 g/mol. The summed E-state index contributed by atoms with van der Waals surface area (Å²) >= 11 is 0. The maximum absolute atomic E-state index is 12.3. The lowest BCUT2D eigenvalue weighted by molar-refractivity contribution is -0.154. The highest BCUT2D eigenvalue weighted by Gasteiger charge is 2.52. The Kier molecular flexibility index (Phi) is 3.84. The van der Waals surface area contributed by atoms with Crippen molar-refractivity contribution in [1.82, 2.24) is 0 Å². The Morgan fingerprint density at radius 1 is 1.37 bits per heavy atom. The minimum absolute atomic E-state index is 0.0696. The van der Waals surface area contributed by atoms with Crippen LogP contribution in [0.1, 0.15) is 31.7 Å². The number of rotatable bonds is 4. The number of hydrogen-bond acceptors (Lipinski definition) is 3. The van der Waals surface area contributed by atoms with Crippen molar-refractivity contribution in [3.8, 4) is 0 Å². The molecule has 0 unspecified atom stereocenters. The minimum atomic E-state index is -1.17. The first kappa shape index (κ1) is 13.5. The third kappa shape index (κ3) is 2.21. The van der Waals surface area contributed by atoms with Gasteiger partial charge in [-0.05, 0) is 30.9 Å². The van der Waals surface area contributed by atoms with E-state index >= 15 is 0 Å². The Labute approximate surface area is 113 Å². The molecule has 1 saturated carbocycles.